The van der Waals surface area contributed by atoms with Gasteiger partial charge >= 0.3 is 0 Å². The molecule has 0 amide bonds. The number of rotatable bonds is 3. The third-order valence-electron chi connectivity index (χ3n) is 2.46. The smallest absolute Gasteiger partial charge is 0.127 e. The highest BCUT2D eigenvalue weighted by molar-refractivity contribution is 9.10. The van der Waals surface area contributed by atoms with Gasteiger partial charge < -0.3 is 10.5 Å². The number of nitrogens with two attached hydrogens (primary N) is 1. The van der Waals surface area contributed by atoms with Crippen LogP contribution < -0.4 is 10.5 Å². The summed E-state index contributed by atoms with van der Waals surface area (Å²) in [5.74, 6) is 1.64. The van der Waals surface area contributed by atoms with E-state index in [0.717, 1.165) is 21.5 Å². The molecule has 88 valence electrons. The van der Waals surface area contributed by atoms with E-state index >= 15 is 0 Å². The standard InChI is InChI=1S/C14H14BrNO/c1-10(16)11-2-6-13(7-3-11)17-14-8-4-12(15)5-9-14/h2-10H,16H2,1H3. The molecule has 0 aromatic heterocycles. The second kappa shape index (κ2) is 5.34. The van der Waals surface area contributed by atoms with Crippen molar-refractivity contribution in [2.45, 2.75) is 13.0 Å². The van der Waals surface area contributed by atoms with Crippen LogP contribution in [0.15, 0.2) is 53.0 Å². The van der Waals surface area contributed by atoms with Gasteiger partial charge in [0.2, 0.25) is 0 Å². The molecule has 0 heterocycles. The van der Waals surface area contributed by atoms with Crippen LogP contribution in [-0.4, -0.2) is 0 Å². The number of hydrogen-bond donors (Lipinski definition) is 1. The third kappa shape index (κ3) is 3.32. The zero-order chi connectivity index (χ0) is 12.3. The van der Waals surface area contributed by atoms with E-state index in [4.69, 9.17) is 10.5 Å². The van der Waals surface area contributed by atoms with E-state index in [0.29, 0.717) is 0 Å². The molecule has 0 aliphatic carbocycles. The molecule has 17 heavy (non-hydrogen) atoms. The molecule has 0 bridgehead atoms. The van der Waals surface area contributed by atoms with Gasteiger partial charge in [0.1, 0.15) is 11.5 Å². The molecule has 2 aromatic carbocycles. The van der Waals surface area contributed by atoms with Gasteiger partial charge in [0.15, 0.2) is 0 Å². The lowest BCUT2D eigenvalue weighted by atomic mass is 10.1. The highest BCUT2D eigenvalue weighted by atomic mass is 79.9. The monoisotopic (exact) mass is 291 g/mol. The lowest BCUT2D eigenvalue weighted by Crippen LogP contribution is -2.04. The Morgan fingerprint density at radius 1 is 0.941 bits per heavy atom. The van der Waals surface area contributed by atoms with E-state index in [-0.39, 0.29) is 6.04 Å². The van der Waals surface area contributed by atoms with Crippen molar-refractivity contribution < 1.29 is 4.74 Å². The van der Waals surface area contributed by atoms with Gasteiger partial charge in [0.25, 0.3) is 0 Å². The number of halogens is 1. The summed E-state index contributed by atoms with van der Waals surface area (Å²) in [5, 5.41) is 0. The van der Waals surface area contributed by atoms with Gasteiger partial charge in [0.05, 0.1) is 0 Å². The molecule has 2 rings (SSSR count). The third-order valence-corrected chi connectivity index (χ3v) is 2.98. The predicted octanol–water partition coefficient (Wildman–Crippen LogP) is 4.26. The van der Waals surface area contributed by atoms with Crippen LogP contribution in [0.5, 0.6) is 11.5 Å². The molecule has 3 heteroatoms. The maximum Gasteiger partial charge on any atom is 0.127 e. The van der Waals surface area contributed by atoms with Crippen LogP contribution in [0.2, 0.25) is 0 Å². The maximum atomic E-state index is 5.79. The van der Waals surface area contributed by atoms with Crippen LogP contribution in [0.25, 0.3) is 0 Å². The highest BCUT2D eigenvalue weighted by Gasteiger charge is 2.00. The van der Waals surface area contributed by atoms with E-state index in [2.05, 4.69) is 15.9 Å². The maximum absolute atomic E-state index is 5.79. The van der Waals surface area contributed by atoms with Gasteiger partial charge in [0, 0.05) is 10.5 Å². The molecule has 0 saturated carbocycles. The first-order chi connectivity index (χ1) is 8.15. The SMILES string of the molecule is CC(N)c1ccc(Oc2ccc(Br)cc2)cc1. The normalized spacial score (nSPS) is 12.2. The van der Waals surface area contributed by atoms with Crippen molar-refractivity contribution in [1.82, 2.24) is 0 Å². The van der Waals surface area contributed by atoms with Gasteiger partial charge in [-0.25, -0.2) is 0 Å². The highest BCUT2D eigenvalue weighted by Crippen LogP contribution is 2.24. The molecule has 2 N–H and O–H groups in total. The fourth-order valence-electron chi connectivity index (χ4n) is 1.48. The Bertz CT molecular complexity index is 477. The number of ether oxygens (including phenoxy) is 1. The van der Waals surface area contributed by atoms with Crippen LogP contribution in [0.1, 0.15) is 18.5 Å². The summed E-state index contributed by atoms with van der Waals surface area (Å²) in [6.07, 6.45) is 0. The van der Waals surface area contributed by atoms with E-state index < -0.39 is 0 Å². The van der Waals surface area contributed by atoms with E-state index in [9.17, 15) is 0 Å². The fraction of sp³-hybridized carbons (Fsp3) is 0.143. The Labute approximate surface area is 110 Å². The molecule has 0 aliphatic heterocycles. The zero-order valence-corrected chi connectivity index (χ0v) is 11.1. The van der Waals surface area contributed by atoms with Crippen LogP contribution in [0.4, 0.5) is 0 Å². The van der Waals surface area contributed by atoms with Crippen molar-refractivity contribution in [3.05, 3.63) is 58.6 Å². The predicted molar refractivity (Wildman–Crippen MR) is 73.3 cm³/mol. The molecule has 0 saturated heterocycles. The molecule has 2 aromatic rings. The van der Waals surface area contributed by atoms with Gasteiger partial charge in [-0.05, 0) is 48.9 Å². The molecular formula is C14H14BrNO. The minimum atomic E-state index is 0.0525. The number of benzene rings is 2. The van der Waals surface area contributed by atoms with Crippen LogP contribution in [-0.2, 0) is 0 Å². The lowest BCUT2D eigenvalue weighted by molar-refractivity contribution is 0.482. The van der Waals surface area contributed by atoms with E-state index in [1.165, 1.54) is 0 Å². The Morgan fingerprint density at radius 2 is 1.41 bits per heavy atom. The fourth-order valence-corrected chi connectivity index (χ4v) is 1.74. The summed E-state index contributed by atoms with van der Waals surface area (Å²) in [6, 6.07) is 15.6. The molecule has 0 spiro atoms. The molecule has 1 atom stereocenters. The summed E-state index contributed by atoms with van der Waals surface area (Å²) >= 11 is 3.39. The molecule has 1 unspecified atom stereocenters. The van der Waals surface area contributed by atoms with Gasteiger partial charge in [-0.2, -0.15) is 0 Å². The molecule has 0 aliphatic rings. The van der Waals surface area contributed by atoms with Crippen LogP contribution in [0.3, 0.4) is 0 Å². The lowest BCUT2D eigenvalue weighted by Gasteiger charge is -2.08. The van der Waals surface area contributed by atoms with Crippen LogP contribution in [0, 0.1) is 0 Å². The van der Waals surface area contributed by atoms with Crippen molar-refractivity contribution >= 4 is 15.9 Å². The first kappa shape index (κ1) is 12.1. The van der Waals surface area contributed by atoms with Crippen molar-refractivity contribution in [3.8, 4) is 11.5 Å². The first-order valence-corrected chi connectivity index (χ1v) is 6.23. The van der Waals surface area contributed by atoms with Gasteiger partial charge in [-0.1, -0.05) is 28.1 Å². The summed E-state index contributed by atoms with van der Waals surface area (Å²) in [4.78, 5) is 0. The number of hydrogen-bond acceptors (Lipinski definition) is 2. The van der Waals surface area contributed by atoms with Gasteiger partial charge in [-0.15, -0.1) is 0 Å². The topological polar surface area (TPSA) is 35.2 Å². The van der Waals surface area contributed by atoms with Crippen molar-refractivity contribution in [2.75, 3.05) is 0 Å². The van der Waals surface area contributed by atoms with E-state index in [1.54, 1.807) is 0 Å². The average Bonchev–Trinajstić information content (AvgIpc) is 2.33. The summed E-state index contributed by atoms with van der Waals surface area (Å²) in [7, 11) is 0. The first-order valence-electron chi connectivity index (χ1n) is 5.44. The Balaban J connectivity index is 2.11. The summed E-state index contributed by atoms with van der Waals surface area (Å²) < 4.78 is 6.75. The van der Waals surface area contributed by atoms with Gasteiger partial charge in [-0.3, -0.25) is 0 Å². The van der Waals surface area contributed by atoms with Crippen molar-refractivity contribution in [1.29, 1.82) is 0 Å². The minimum Gasteiger partial charge on any atom is -0.457 e. The molecular weight excluding hydrogens is 278 g/mol. The zero-order valence-electron chi connectivity index (χ0n) is 9.56. The van der Waals surface area contributed by atoms with Crippen molar-refractivity contribution in [2.24, 2.45) is 5.73 Å². The Morgan fingerprint density at radius 3 is 1.88 bits per heavy atom. The van der Waals surface area contributed by atoms with E-state index in [1.807, 2.05) is 55.5 Å². The second-order valence-electron chi connectivity index (χ2n) is 3.91. The molecule has 0 fully saturated rings. The Kier molecular flexibility index (Phi) is 3.82. The van der Waals surface area contributed by atoms with Crippen molar-refractivity contribution in [3.63, 3.8) is 0 Å². The quantitative estimate of drug-likeness (QED) is 0.917. The molecule has 0 radical (unpaired) electrons. The molecule has 2 nitrogen and oxygen atoms in total. The van der Waals surface area contributed by atoms with Crippen LogP contribution >= 0.6 is 15.9 Å². The Hall–Kier alpha value is -1.32. The second-order valence-corrected chi connectivity index (χ2v) is 4.83. The average molecular weight is 292 g/mol. The summed E-state index contributed by atoms with van der Waals surface area (Å²) in [5.41, 5.74) is 6.89. The largest absolute Gasteiger partial charge is 0.457 e. The summed E-state index contributed by atoms with van der Waals surface area (Å²) in [6.45, 7) is 1.96. The minimum absolute atomic E-state index is 0.0525.